The summed E-state index contributed by atoms with van der Waals surface area (Å²) in [7, 11) is 0. The van der Waals surface area contributed by atoms with Crippen molar-refractivity contribution < 1.29 is 14.0 Å². The molecule has 24 heavy (non-hydrogen) atoms. The molecule has 1 fully saturated rings. The van der Waals surface area contributed by atoms with Gasteiger partial charge in [-0.05, 0) is 57.6 Å². The molecule has 0 saturated heterocycles. The molecule has 1 aromatic rings. The number of carbonyl (C=O) groups excluding carboxylic acids is 2. The van der Waals surface area contributed by atoms with Gasteiger partial charge in [-0.2, -0.15) is 0 Å². The van der Waals surface area contributed by atoms with Crippen LogP contribution in [0.25, 0.3) is 0 Å². The van der Waals surface area contributed by atoms with E-state index < -0.39 is 0 Å². The molecule has 0 spiro atoms. The Morgan fingerprint density at radius 2 is 1.67 bits per heavy atom. The third-order valence-electron chi connectivity index (χ3n) is 4.55. The van der Waals surface area contributed by atoms with Crippen molar-refractivity contribution in [1.82, 2.24) is 10.6 Å². The lowest BCUT2D eigenvalue weighted by atomic mass is 9.81. The van der Waals surface area contributed by atoms with Crippen LogP contribution < -0.4 is 10.6 Å². The molecule has 1 aliphatic rings. The Morgan fingerprint density at radius 3 is 2.25 bits per heavy atom. The van der Waals surface area contributed by atoms with Gasteiger partial charge < -0.3 is 10.6 Å². The Hall–Kier alpha value is -1.91. The summed E-state index contributed by atoms with van der Waals surface area (Å²) in [4.78, 5) is 24.2. The van der Waals surface area contributed by atoms with Gasteiger partial charge in [0, 0.05) is 24.4 Å². The number of hydrogen-bond donors (Lipinski definition) is 2. The van der Waals surface area contributed by atoms with Crippen molar-refractivity contribution in [2.45, 2.75) is 52.0 Å². The number of nitrogens with one attached hydrogen (secondary N) is 2. The molecule has 1 saturated carbocycles. The van der Waals surface area contributed by atoms with Gasteiger partial charge in [-0.1, -0.05) is 18.2 Å². The number of rotatable bonds is 6. The third-order valence-corrected chi connectivity index (χ3v) is 4.55. The lowest BCUT2D eigenvalue weighted by Gasteiger charge is -2.27. The van der Waals surface area contributed by atoms with E-state index in [4.69, 9.17) is 0 Å². The van der Waals surface area contributed by atoms with Crippen molar-refractivity contribution in [1.29, 1.82) is 0 Å². The summed E-state index contributed by atoms with van der Waals surface area (Å²) in [5, 5.41) is 5.84. The van der Waals surface area contributed by atoms with Gasteiger partial charge in [-0.3, -0.25) is 9.59 Å². The molecule has 4 nitrogen and oxygen atoms in total. The molecule has 0 aliphatic heterocycles. The van der Waals surface area contributed by atoms with Crippen LogP contribution in [0.5, 0.6) is 0 Å². The van der Waals surface area contributed by atoms with E-state index in [-0.39, 0.29) is 35.5 Å². The van der Waals surface area contributed by atoms with E-state index in [0.29, 0.717) is 18.5 Å². The second-order valence-electron chi connectivity index (χ2n) is 6.84. The molecule has 132 valence electrons. The van der Waals surface area contributed by atoms with Gasteiger partial charge in [0.1, 0.15) is 5.82 Å². The number of amides is 2. The van der Waals surface area contributed by atoms with Crippen molar-refractivity contribution in [3.63, 3.8) is 0 Å². The highest BCUT2D eigenvalue weighted by molar-refractivity contribution is 5.81. The van der Waals surface area contributed by atoms with E-state index in [1.165, 1.54) is 6.07 Å². The largest absolute Gasteiger partial charge is 0.356 e. The maximum atomic E-state index is 13.5. The van der Waals surface area contributed by atoms with E-state index in [2.05, 4.69) is 10.6 Å². The Balaban J connectivity index is 1.71. The summed E-state index contributed by atoms with van der Waals surface area (Å²) >= 11 is 0. The van der Waals surface area contributed by atoms with Crippen LogP contribution in [0.4, 0.5) is 4.39 Å². The van der Waals surface area contributed by atoms with Crippen molar-refractivity contribution in [2.75, 3.05) is 6.54 Å². The minimum atomic E-state index is -0.233. The predicted octanol–water partition coefficient (Wildman–Crippen LogP) is 2.82. The Bertz CT molecular complexity index is 566. The van der Waals surface area contributed by atoms with Gasteiger partial charge in [-0.15, -0.1) is 0 Å². The van der Waals surface area contributed by atoms with E-state index in [9.17, 15) is 14.0 Å². The molecular formula is C19H27FN2O2. The highest BCUT2D eigenvalue weighted by Crippen LogP contribution is 2.29. The topological polar surface area (TPSA) is 58.2 Å². The molecule has 5 heteroatoms. The monoisotopic (exact) mass is 334 g/mol. The first-order valence-corrected chi connectivity index (χ1v) is 8.79. The minimum Gasteiger partial charge on any atom is -0.356 e. The summed E-state index contributed by atoms with van der Waals surface area (Å²) < 4.78 is 13.5. The zero-order valence-electron chi connectivity index (χ0n) is 14.5. The van der Waals surface area contributed by atoms with Crippen LogP contribution in [0, 0.1) is 17.7 Å². The van der Waals surface area contributed by atoms with Crippen molar-refractivity contribution >= 4 is 11.8 Å². The van der Waals surface area contributed by atoms with E-state index >= 15 is 0 Å². The molecular weight excluding hydrogens is 307 g/mol. The smallest absolute Gasteiger partial charge is 0.223 e. The van der Waals surface area contributed by atoms with Gasteiger partial charge in [0.05, 0.1) is 0 Å². The highest BCUT2D eigenvalue weighted by Gasteiger charge is 2.29. The molecule has 2 amide bonds. The van der Waals surface area contributed by atoms with Crippen molar-refractivity contribution in [3.05, 3.63) is 35.6 Å². The Kier molecular flexibility index (Phi) is 6.76. The normalized spacial score (nSPS) is 20.7. The fourth-order valence-electron chi connectivity index (χ4n) is 3.19. The molecule has 0 radical (unpaired) electrons. The molecule has 0 bridgehead atoms. The maximum Gasteiger partial charge on any atom is 0.223 e. The van der Waals surface area contributed by atoms with Crippen LogP contribution in [0.3, 0.4) is 0 Å². The molecule has 1 aliphatic carbocycles. The molecule has 0 aromatic heterocycles. The molecule has 0 heterocycles. The Labute approximate surface area is 143 Å². The molecule has 2 N–H and O–H groups in total. The lowest BCUT2D eigenvalue weighted by Crippen LogP contribution is -2.40. The summed E-state index contributed by atoms with van der Waals surface area (Å²) in [5.74, 6) is -0.121. The fraction of sp³-hybridized carbons (Fsp3) is 0.579. The SMILES string of the molecule is CC(C)NC(=O)C1CCC(C(=O)NCCc2ccccc2F)CC1. The number of carbonyl (C=O) groups is 2. The first kappa shape index (κ1) is 18.4. The van der Waals surface area contributed by atoms with Crippen molar-refractivity contribution in [3.8, 4) is 0 Å². The van der Waals surface area contributed by atoms with Gasteiger partial charge in [0.25, 0.3) is 0 Å². The minimum absolute atomic E-state index is 0.0223. The second kappa shape index (κ2) is 8.81. The van der Waals surface area contributed by atoms with E-state index in [1.807, 2.05) is 13.8 Å². The number of benzene rings is 1. The number of halogens is 1. The molecule has 2 rings (SSSR count). The Morgan fingerprint density at radius 1 is 1.08 bits per heavy atom. The van der Waals surface area contributed by atoms with Crippen molar-refractivity contribution in [2.24, 2.45) is 11.8 Å². The van der Waals surface area contributed by atoms with Gasteiger partial charge in [-0.25, -0.2) is 4.39 Å². The van der Waals surface area contributed by atoms with E-state index in [1.54, 1.807) is 18.2 Å². The van der Waals surface area contributed by atoms with Crippen LogP contribution >= 0.6 is 0 Å². The molecule has 0 unspecified atom stereocenters. The van der Waals surface area contributed by atoms with Gasteiger partial charge >= 0.3 is 0 Å². The quantitative estimate of drug-likeness (QED) is 0.840. The van der Waals surface area contributed by atoms with Gasteiger partial charge in [0.15, 0.2) is 0 Å². The average molecular weight is 334 g/mol. The zero-order valence-corrected chi connectivity index (χ0v) is 14.5. The van der Waals surface area contributed by atoms with Crippen LogP contribution in [-0.2, 0) is 16.0 Å². The lowest BCUT2D eigenvalue weighted by molar-refractivity contribution is -0.130. The second-order valence-corrected chi connectivity index (χ2v) is 6.84. The van der Waals surface area contributed by atoms with Crippen LogP contribution in [0.2, 0.25) is 0 Å². The highest BCUT2D eigenvalue weighted by atomic mass is 19.1. The third kappa shape index (κ3) is 5.32. The zero-order chi connectivity index (χ0) is 17.5. The summed E-state index contributed by atoms with van der Waals surface area (Å²) in [6, 6.07) is 6.77. The summed E-state index contributed by atoms with van der Waals surface area (Å²) in [5.41, 5.74) is 0.617. The number of hydrogen-bond acceptors (Lipinski definition) is 2. The van der Waals surface area contributed by atoms with Crippen LogP contribution in [0.1, 0.15) is 45.1 Å². The first-order chi connectivity index (χ1) is 11.5. The summed E-state index contributed by atoms with van der Waals surface area (Å²) in [6.45, 7) is 4.34. The standard InChI is InChI=1S/C19H27FN2O2/c1-13(2)22-19(24)16-9-7-15(8-10-16)18(23)21-12-11-14-5-3-4-6-17(14)20/h3-6,13,15-16H,7-12H2,1-2H3,(H,21,23)(H,22,24). The van der Waals surface area contributed by atoms with Crippen LogP contribution in [-0.4, -0.2) is 24.4 Å². The van der Waals surface area contributed by atoms with E-state index in [0.717, 1.165) is 25.7 Å². The predicted molar refractivity (Wildman–Crippen MR) is 91.8 cm³/mol. The van der Waals surface area contributed by atoms with Gasteiger partial charge in [0.2, 0.25) is 11.8 Å². The average Bonchev–Trinajstić information content (AvgIpc) is 2.56. The summed E-state index contributed by atoms with van der Waals surface area (Å²) in [6.07, 6.45) is 3.47. The molecule has 1 aromatic carbocycles. The maximum absolute atomic E-state index is 13.5. The molecule has 0 atom stereocenters. The van der Waals surface area contributed by atoms with Crippen LogP contribution in [0.15, 0.2) is 24.3 Å². The first-order valence-electron chi connectivity index (χ1n) is 8.79. The fourth-order valence-corrected chi connectivity index (χ4v) is 3.19.